The number of carbonyl (C=O) groups is 1. The minimum atomic E-state index is -0.291. The van der Waals surface area contributed by atoms with E-state index >= 15 is 0 Å². The van der Waals surface area contributed by atoms with E-state index in [0.717, 1.165) is 6.42 Å². The molecular formula is C12H15FO2. The van der Waals surface area contributed by atoms with Crippen LogP contribution in [0.1, 0.15) is 29.3 Å². The minimum absolute atomic E-state index is 0.0684. The van der Waals surface area contributed by atoms with Crippen molar-refractivity contribution in [2.75, 3.05) is 13.2 Å². The summed E-state index contributed by atoms with van der Waals surface area (Å²) in [5.74, 6) is -0.396. The number of rotatable bonds is 5. The van der Waals surface area contributed by atoms with Crippen molar-refractivity contribution < 1.29 is 13.9 Å². The van der Waals surface area contributed by atoms with Crippen LogP contribution in [-0.2, 0) is 4.74 Å². The van der Waals surface area contributed by atoms with E-state index in [1.165, 1.54) is 12.1 Å². The van der Waals surface area contributed by atoms with Gasteiger partial charge in [0, 0.05) is 12.2 Å². The van der Waals surface area contributed by atoms with Gasteiger partial charge in [-0.1, -0.05) is 6.92 Å². The minimum Gasteiger partial charge on any atom is -0.373 e. The van der Waals surface area contributed by atoms with E-state index in [2.05, 4.69) is 0 Å². The van der Waals surface area contributed by atoms with Gasteiger partial charge in [0.05, 0.1) is 0 Å². The Labute approximate surface area is 89.1 Å². The Kier molecular flexibility index (Phi) is 4.43. The second kappa shape index (κ2) is 5.61. The molecule has 0 unspecified atom stereocenters. The van der Waals surface area contributed by atoms with Gasteiger partial charge in [-0.3, -0.25) is 4.79 Å². The van der Waals surface area contributed by atoms with Crippen molar-refractivity contribution in [2.45, 2.75) is 20.3 Å². The van der Waals surface area contributed by atoms with Crippen LogP contribution >= 0.6 is 0 Å². The molecule has 0 fully saturated rings. The van der Waals surface area contributed by atoms with Gasteiger partial charge < -0.3 is 4.74 Å². The lowest BCUT2D eigenvalue weighted by atomic mass is 10.1. The van der Waals surface area contributed by atoms with Crippen molar-refractivity contribution in [1.82, 2.24) is 0 Å². The average molecular weight is 210 g/mol. The monoisotopic (exact) mass is 210 g/mol. The molecule has 0 atom stereocenters. The third kappa shape index (κ3) is 3.44. The van der Waals surface area contributed by atoms with Crippen LogP contribution in [0.15, 0.2) is 18.2 Å². The zero-order valence-corrected chi connectivity index (χ0v) is 9.05. The lowest BCUT2D eigenvalue weighted by Crippen LogP contribution is -2.10. The van der Waals surface area contributed by atoms with Crippen molar-refractivity contribution in [2.24, 2.45) is 0 Å². The smallest absolute Gasteiger partial charge is 0.188 e. The number of Topliss-reactive ketones (excluding diaryl/α,β-unsaturated/α-hetero) is 1. The van der Waals surface area contributed by atoms with E-state index in [1.807, 2.05) is 6.92 Å². The van der Waals surface area contributed by atoms with Gasteiger partial charge >= 0.3 is 0 Å². The Hall–Kier alpha value is -1.22. The van der Waals surface area contributed by atoms with E-state index in [-0.39, 0.29) is 18.2 Å². The summed E-state index contributed by atoms with van der Waals surface area (Å²) < 4.78 is 18.1. The Morgan fingerprint density at radius 2 is 2.20 bits per heavy atom. The first-order chi connectivity index (χ1) is 7.15. The van der Waals surface area contributed by atoms with Gasteiger partial charge in [0.25, 0.3) is 0 Å². The summed E-state index contributed by atoms with van der Waals surface area (Å²) in [5, 5.41) is 0. The van der Waals surface area contributed by atoms with Crippen LogP contribution in [0.5, 0.6) is 0 Å². The van der Waals surface area contributed by atoms with Gasteiger partial charge in [-0.2, -0.15) is 0 Å². The molecule has 0 aliphatic rings. The molecule has 0 bridgehead atoms. The number of benzene rings is 1. The Morgan fingerprint density at radius 1 is 1.47 bits per heavy atom. The van der Waals surface area contributed by atoms with Crippen molar-refractivity contribution in [1.29, 1.82) is 0 Å². The predicted octanol–water partition coefficient (Wildman–Crippen LogP) is 2.74. The van der Waals surface area contributed by atoms with Crippen LogP contribution in [0.3, 0.4) is 0 Å². The third-order valence-corrected chi connectivity index (χ3v) is 2.06. The lowest BCUT2D eigenvalue weighted by molar-refractivity contribution is 0.0761. The highest BCUT2D eigenvalue weighted by molar-refractivity contribution is 5.97. The number of aryl methyl sites for hydroxylation is 1. The van der Waals surface area contributed by atoms with Gasteiger partial charge in [0.15, 0.2) is 5.78 Å². The average Bonchev–Trinajstić information content (AvgIpc) is 2.22. The fraction of sp³-hybridized carbons (Fsp3) is 0.417. The number of hydrogen-bond acceptors (Lipinski definition) is 2. The normalized spacial score (nSPS) is 10.3. The summed E-state index contributed by atoms with van der Waals surface area (Å²) in [7, 11) is 0. The number of ether oxygens (including phenoxy) is 1. The maximum Gasteiger partial charge on any atom is 0.188 e. The van der Waals surface area contributed by atoms with Crippen molar-refractivity contribution in [3.8, 4) is 0 Å². The van der Waals surface area contributed by atoms with E-state index in [9.17, 15) is 9.18 Å². The molecule has 1 rings (SSSR count). The van der Waals surface area contributed by atoms with Crippen molar-refractivity contribution in [3.05, 3.63) is 35.1 Å². The zero-order valence-electron chi connectivity index (χ0n) is 9.05. The predicted molar refractivity (Wildman–Crippen MR) is 56.6 cm³/mol. The Bertz CT molecular complexity index is 347. The molecule has 0 aliphatic heterocycles. The molecule has 0 amide bonds. The van der Waals surface area contributed by atoms with Gasteiger partial charge in [-0.25, -0.2) is 4.39 Å². The highest BCUT2D eigenvalue weighted by Crippen LogP contribution is 2.09. The van der Waals surface area contributed by atoms with E-state index in [1.54, 1.807) is 13.0 Å². The molecule has 0 N–H and O–H groups in total. The van der Waals surface area contributed by atoms with Crippen LogP contribution in [-0.4, -0.2) is 19.0 Å². The van der Waals surface area contributed by atoms with Crippen LogP contribution < -0.4 is 0 Å². The van der Waals surface area contributed by atoms with Crippen LogP contribution in [0.4, 0.5) is 4.39 Å². The first-order valence-corrected chi connectivity index (χ1v) is 5.02. The molecule has 15 heavy (non-hydrogen) atoms. The fourth-order valence-corrected chi connectivity index (χ4v) is 1.21. The van der Waals surface area contributed by atoms with Gasteiger partial charge in [-0.05, 0) is 37.1 Å². The molecule has 0 aromatic heterocycles. The fourth-order valence-electron chi connectivity index (χ4n) is 1.21. The summed E-state index contributed by atoms with van der Waals surface area (Å²) in [5.41, 5.74) is 0.987. The molecule has 0 saturated heterocycles. The van der Waals surface area contributed by atoms with Crippen LogP contribution in [0.2, 0.25) is 0 Å². The van der Waals surface area contributed by atoms with E-state index in [4.69, 9.17) is 4.74 Å². The second-order valence-corrected chi connectivity index (χ2v) is 3.44. The number of carbonyl (C=O) groups excluding carboxylic acids is 1. The van der Waals surface area contributed by atoms with Crippen molar-refractivity contribution >= 4 is 5.78 Å². The maximum atomic E-state index is 12.9. The summed E-state index contributed by atoms with van der Waals surface area (Å²) in [6.07, 6.45) is 0.885. The van der Waals surface area contributed by atoms with Gasteiger partial charge in [0.1, 0.15) is 12.4 Å². The highest BCUT2D eigenvalue weighted by Gasteiger charge is 2.07. The van der Waals surface area contributed by atoms with Gasteiger partial charge in [-0.15, -0.1) is 0 Å². The largest absolute Gasteiger partial charge is 0.373 e. The Balaban J connectivity index is 2.62. The lowest BCUT2D eigenvalue weighted by Gasteiger charge is -2.03. The standard InChI is InChI=1S/C12H15FO2/c1-3-6-15-8-12(14)10-4-5-11(13)9(2)7-10/h4-5,7H,3,6,8H2,1-2H3. The molecule has 0 saturated carbocycles. The molecule has 1 aromatic rings. The molecule has 3 heteroatoms. The second-order valence-electron chi connectivity index (χ2n) is 3.44. The molecule has 82 valence electrons. The molecule has 0 aliphatic carbocycles. The van der Waals surface area contributed by atoms with E-state index < -0.39 is 0 Å². The number of hydrogen-bond donors (Lipinski definition) is 0. The van der Waals surface area contributed by atoms with Crippen LogP contribution in [0, 0.1) is 12.7 Å². The quantitative estimate of drug-likeness (QED) is 0.551. The topological polar surface area (TPSA) is 26.3 Å². The first kappa shape index (κ1) is 11.9. The Morgan fingerprint density at radius 3 is 2.80 bits per heavy atom. The summed E-state index contributed by atoms with van der Waals surface area (Å²) in [4.78, 5) is 11.5. The maximum absolute atomic E-state index is 12.9. The molecule has 0 heterocycles. The summed E-state index contributed by atoms with van der Waals surface area (Å²) in [6, 6.07) is 4.34. The molecule has 1 aromatic carbocycles. The van der Waals surface area contributed by atoms with E-state index in [0.29, 0.717) is 17.7 Å². The summed E-state index contributed by atoms with van der Waals surface area (Å²) in [6.45, 7) is 4.26. The number of halogens is 1. The molecule has 2 nitrogen and oxygen atoms in total. The van der Waals surface area contributed by atoms with Crippen molar-refractivity contribution in [3.63, 3.8) is 0 Å². The highest BCUT2D eigenvalue weighted by atomic mass is 19.1. The molecule has 0 radical (unpaired) electrons. The zero-order chi connectivity index (χ0) is 11.3. The SMILES string of the molecule is CCCOCC(=O)c1ccc(F)c(C)c1. The summed E-state index contributed by atoms with van der Waals surface area (Å²) >= 11 is 0. The number of ketones is 1. The third-order valence-electron chi connectivity index (χ3n) is 2.06. The molecular weight excluding hydrogens is 195 g/mol. The first-order valence-electron chi connectivity index (χ1n) is 5.02. The van der Waals surface area contributed by atoms with Crippen LogP contribution in [0.25, 0.3) is 0 Å². The molecule has 0 spiro atoms. The van der Waals surface area contributed by atoms with Gasteiger partial charge in [0.2, 0.25) is 0 Å².